The molecule has 4 heteroatoms. The molecule has 14 aromatic rings. The molecule has 0 aliphatic rings. The molecule has 0 fully saturated rings. The van der Waals surface area contributed by atoms with Crippen LogP contribution in [0.5, 0.6) is 0 Å². The number of anilines is 3. The highest BCUT2D eigenvalue weighted by Gasteiger charge is 2.27. The molecule has 4 nitrogen and oxygen atoms in total. The zero-order chi connectivity index (χ0) is 44.7. The van der Waals surface area contributed by atoms with Gasteiger partial charge in [0.05, 0.1) is 27.8 Å². The van der Waals surface area contributed by atoms with Gasteiger partial charge in [-0.1, -0.05) is 170 Å². The third-order valence-electron chi connectivity index (χ3n) is 13.9. The minimum atomic E-state index is 0.827. The maximum Gasteiger partial charge on any atom is 0.160 e. The van der Waals surface area contributed by atoms with Crippen molar-refractivity contribution in [1.82, 2.24) is 9.13 Å². The highest BCUT2D eigenvalue weighted by Crippen LogP contribution is 2.50. The van der Waals surface area contributed by atoms with Crippen molar-refractivity contribution in [3.8, 4) is 33.6 Å². The summed E-state index contributed by atoms with van der Waals surface area (Å²) < 4.78 is 11.9. The van der Waals surface area contributed by atoms with Gasteiger partial charge in [-0.3, -0.25) is 0 Å². The summed E-state index contributed by atoms with van der Waals surface area (Å²) in [4.78, 5) is 2.41. The Kier molecular flexibility index (Phi) is 8.55. The second-order valence-electron chi connectivity index (χ2n) is 17.6. The van der Waals surface area contributed by atoms with E-state index in [1.807, 2.05) is 0 Å². The van der Waals surface area contributed by atoms with E-state index in [2.05, 4.69) is 263 Å². The van der Waals surface area contributed by atoms with Crippen LogP contribution in [0, 0.1) is 0 Å². The Morgan fingerprint density at radius 3 is 1.54 bits per heavy atom. The minimum absolute atomic E-state index is 0.827. The molecule has 0 atom stereocenters. The lowest BCUT2D eigenvalue weighted by molar-refractivity contribution is 0.669. The number of fused-ring (bicyclic) bond motifs is 10. The zero-order valence-electron chi connectivity index (χ0n) is 36.9. The van der Waals surface area contributed by atoms with Gasteiger partial charge in [-0.2, -0.15) is 0 Å². The molecular formula is C64H41N3O. The Balaban J connectivity index is 1.05. The standard InChI is InChI=1S/C64H41N3O/c1-2-18-44(19-3-1)67-60-30-12-8-23-52(60)54-26-15-27-55(62(54)67)56-40-41-57-53-24-9-13-31-61(53)68-64(57)63(56)65(45-34-32-43(33-35-45)49-25-14-17-42-16-4-5-20-48(42)49)46-36-38-47(39-37-46)66-58-28-10-6-21-50(58)51-22-7-11-29-59(51)66/h1-41H. The summed E-state index contributed by atoms with van der Waals surface area (Å²) in [5.41, 5.74) is 16.1. The van der Waals surface area contributed by atoms with E-state index in [1.165, 1.54) is 48.9 Å². The zero-order valence-corrected chi connectivity index (χ0v) is 36.9. The lowest BCUT2D eigenvalue weighted by Crippen LogP contribution is -2.12. The van der Waals surface area contributed by atoms with Gasteiger partial charge in [0.25, 0.3) is 0 Å². The monoisotopic (exact) mass is 867 g/mol. The Hall–Kier alpha value is -9.12. The van der Waals surface area contributed by atoms with Crippen LogP contribution in [0.3, 0.4) is 0 Å². The third-order valence-corrected chi connectivity index (χ3v) is 13.9. The fourth-order valence-electron chi connectivity index (χ4n) is 10.9. The molecule has 0 saturated carbocycles. The smallest absolute Gasteiger partial charge is 0.160 e. The van der Waals surface area contributed by atoms with Gasteiger partial charge in [0, 0.05) is 66.2 Å². The van der Waals surface area contributed by atoms with Crippen molar-refractivity contribution in [1.29, 1.82) is 0 Å². The molecule has 3 aromatic heterocycles. The SMILES string of the molecule is c1ccc(-n2c3ccccc3c3cccc(-c4ccc5c(oc6ccccc65)c4N(c4ccc(-c5cccc6ccccc56)cc4)c4ccc(-n5c6ccccc6c6ccccc65)cc4)c32)cc1. The van der Waals surface area contributed by atoms with Gasteiger partial charge in [-0.25, -0.2) is 0 Å². The van der Waals surface area contributed by atoms with Gasteiger partial charge < -0.3 is 18.5 Å². The molecule has 0 bridgehead atoms. The van der Waals surface area contributed by atoms with Crippen LogP contribution in [-0.4, -0.2) is 9.13 Å². The first-order valence-electron chi connectivity index (χ1n) is 23.3. The number of hydrogen-bond acceptors (Lipinski definition) is 2. The second kappa shape index (κ2) is 15.2. The molecular weight excluding hydrogens is 827 g/mol. The molecule has 11 aromatic carbocycles. The topological polar surface area (TPSA) is 26.2 Å². The summed E-state index contributed by atoms with van der Waals surface area (Å²) >= 11 is 0. The maximum absolute atomic E-state index is 7.12. The van der Waals surface area contributed by atoms with Gasteiger partial charge in [0.1, 0.15) is 5.58 Å². The summed E-state index contributed by atoms with van der Waals surface area (Å²) in [6.45, 7) is 0. The van der Waals surface area contributed by atoms with Crippen molar-refractivity contribution in [3.05, 3.63) is 249 Å². The molecule has 0 radical (unpaired) electrons. The summed E-state index contributed by atoms with van der Waals surface area (Å²) in [5.74, 6) is 0. The van der Waals surface area contributed by atoms with Crippen molar-refractivity contribution in [3.63, 3.8) is 0 Å². The molecule has 0 N–H and O–H groups in total. The van der Waals surface area contributed by atoms with Crippen LogP contribution in [-0.2, 0) is 0 Å². The Morgan fingerprint density at radius 1 is 0.309 bits per heavy atom. The highest BCUT2D eigenvalue weighted by atomic mass is 16.3. The number of nitrogens with zero attached hydrogens (tertiary/aromatic N) is 3. The van der Waals surface area contributed by atoms with Crippen LogP contribution < -0.4 is 4.90 Å². The van der Waals surface area contributed by atoms with E-state index >= 15 is 0 Å². The predicted octanol–water partition coefficient (Wildman–Crippen LogP) is 17.7. The third kappa shape index (κ3) is 5.81. The normalized spacial score (nSPS) is 11.8. The number of benzene rings is 11. The first-order chi connectivity index (χ1) is 33.8. The highest BCUT2D eigenvalue weighted by molar-refractivity contribution is 6.19. The Morgan fingerprint density at radius 2 is 0.824 bits per heavy atom. The lowest BCUT2D eigenvalue weighted by atomic mass is 9.96. The Bertz CT molecular complexity index is 4190. The van der Waals surface area contributed by atoms with Gasteiger partial charge in [0.15, 0.2) is 5.58 Å². The van der Waals surface area contributed by atoms with Crippen molar-refractivity contribution in [2.75, 3.05) is 4.90 Å². The molecule has 0 spiro atoms. The molecule has 3 heterocycles. The van der Waals surface area contributed by atoms with E-state index in [0.717, 1.165) is 78.1 Å². The first-order valence-corrected chi connectivity index (χ1v) is 23.3. The van der Waals surface area contributed by atoms with E-state index in [0.29, 0.717) is 0 Å². The Labute approximate surface area is 392 Å². The predicted molar refractivity (Wildman–Crippen MR) is 285 cm³/mol. The van der Waals surface area contributed by atoms with Crippen LogP contribution >= 0.6 is 0 Å². The van der Waals surface area contributed by atoms with Crippen LogP contribution in [0.1, 0.15) is 0 Å². The summed E-state index contributed by atoms with van der Waals surface area (Å²) in [6.07, 6.45) is 0. The van der Waals surface area contributed by atoms with Gasteiger partial charge in [-0.05, 0) is 101 Å². The van der Waals surface area contributed by atoms with Crippen LogP contribution in [0.25, 0.3) is 110 Å². The van der Waals surface area contributed by atoms with Gasteiger partial charge in [0.2, 0.25) is 0 Å². The number of para-hydroxylation sites is 6. The van der Waals surface area contributed by atoms with Gasteiger partial charge in [-0.15, -0.1) is 0 Å². The van der Waals surface area contributed by atoms with E-state index < -0.39 is 0 Å². The van der Waals surface area contributed by atoms with Crippen molar-refractivity contribution >= 4 is 93.4 Å². The molecule has 0 aliphatic heterocycles. The molecule has 0 saturated heterocycles. The van der Waals surface area contributed by atoms with E-state index in [9.17, 15) is 0 Å². The second-order valence-corrected chi connectivity index (χ2v) is 17.6. The summed E-state index contributed by atoms with van der Waals surface area (Å²) in [7, 11) is 0. The van der Waals surface area contributed by atoms with Crippen LogP contribution in [0.2, 0.25) is 0 Å². The molecule has 0 amide bonds. The number of hydrogen-bond donors (Lipinski definition) is 0. The van der Waals surface area contributed by atoms with Crippen molar-refractivity contribution < 1.29 is 4.42 Å². The van der Waals surface area contributed by atoms with E-state index in [1.54, 1.807) is 0 Å². The summed E-state index contributed by atoms with van der Waals surface area (Å²) in [6, 6.07) is 89.9. The number of rotatable bonds is 7. The maximum atomic E-state index is 7.12. The molecule has 14 rings (SSSR count). The number of furan rings is 1. The van der Waals surface area contributed by atoms with Crippen LogP contribution in [0.15, 0.2) is 253 Å². The molecule has 0 unspecified atom stereocenters. The van der Waals surface area contributed by atoms with E-state index in [4.69, 9.17) is 4.42 Å². The lowest BCUT2D eigenvalue weighted by Gasteiger charge is -2.29. The average Bonchev–Trinajstić information content (AvgIpc) is 4.08. The fraction of sp³-hybridized carbons (Fsp3) is 0. The van der Waals surface area contributed by atoms with Gasteiger partial charge >= 0.3 is 0 Å². The van der Waals surface area contributed by atoms with Crippen LogP contribution in [0.4, 0.5) is 17.1 Å². The molecule has 68 heavy (non-hydrogen) atoms. The minimum Gasteiger partial charge on any atom is -0.454 e. The number of aromatic nitrogens is 2. The average molecular weight is 868 g/mol. The largest absolute Gasteiger partial charge is 0.454 e. The molecule has 0 aliphatic carbocycles. The van der Waals surface area contributed by atoms with E-state index in [-0.39, 0.29) is 0 Å². The summed E-state index contributed by atoms with van der Waals surface area (Å²) in [5, 5.41) is 9.49. The first kappa shape index (κ1) is 38.2. The molecule has 318 valence electrons. The fourth-order valence-corrected chi connectivity index (χ4v) is 10.9. The van der Waals surface area contributed by atoms with Crippen molar-refractivity contribution in [2.45, 2.75) is 0 Å². The quantitative estimate of drug-likeness (QED) is 0.160. The van der Waals surface area contributed by atoms with Crippen molar-refractivity contribution in [2.24, 2.45) is 0 Å².